The van der Waals surface area contributed by atoms with E-state index in [1.54, 1.807) is 19.1 Å². The highest BCUT2D eigenvalue weighted by molar-refractivity contribution is 5.92. The summed E-state index contributed by atoms with van der Waals surface area (Å²) in [6.45, 7) is 5.82. The molecule has 3 N–H and O–H groups in total. The molecule has 0 spiro atoms. The highest BCUT2D eigenvalue weighted by Gasteiger charge is 2.23. The summed E-state index contributed by atoms with van der Waals surface area (Å²) in [4.78, 5) is 14.2. The molecule has 1 heterocycles. The van der Waals surface area contributed by atoms with E-state index in [-0.39, 0.29) is 17.8 Å². The SMILES string of the molecule is Cc1ccc(NC(=O)CN2CCCC(C(C)N)C2)cc1F. The van der Waals surface area contributed by atoms with Gasteiger partial charge in [-0.1, -0.05) is 6.07 Å². The monoisotopic (exact) mass is 293 g/mol. The second kappa shape index (κ2) is 7.00. The predicted octanol–water partition coefficient (Wildman–Crippen LogP) is 2.13. The number of hydrogen-bond acceptors (Lipinski definition) is 3. The number of anilines is 1. The number of amides is 1. The zero-order valence-electron chi connectivity index (χ0n) is 12.7. The van der Waals surface area contributed by atoms with E-state index < -0.39 is 0 Å². The summed E-state index contributed by atoms with van der Waals surface area (Å²) in [7, 11) is 0. The number of nitrogens with zero attached hydrogens (tertiary/aromatic N) is 1. The van der Waals surface area contributed by atoms with Crippen molar-refractivity contribution in [3.05, 3.63) is 29.6 Å². The van der Waals surface area contributed by atoms with Crippen molar-refractivity contribution in [2.75, 3.05) is 25.0 Å². The molecule has 0 aliphatic carbocycles. The van der Waals surface area contributed by atoms with Crippen LogP contribution in [0.15, 0.2) is 18.2 Å². The first-order valence-corrected chi connectivity index (χ1v) is 7.49. The highest BCUT2D eigenvalue weighted by Crippen LogP contribution is 2.19. The van der Waals surface area contributed by atoms with E-state index in [9.17, 15) is 9.18 Å². The van der Waals surface area contributed by atoms with Gasteiger partial charge in [-0.2, -0.15) is 0 Å². The van der Waals surface area contributed by atoms with Crippen LogP contribution in [0.2, 0.25) is 0 Å². The number of hydrogen-bond donors (Lipinski definition) is 2. The molecule has 0 saturated carbocycles. The quantitative estimate of drug-likeness (QED) is 0.894. The van der Waals surface area contributed by atoms with Gasteiger partial charge < -0.3 is 11.1 Å². The van der Waals surface area contributed by atoms with Crippen LogP contribution in [0.3, 0.4) is 0 Å². The Bertz CT molecular complexity index is 504. The van der Waals surface area contributed by atoms with Crippen molar-refractivity contribution in [3.63, 3.8) is 0 Å². The van der Waals surface area contributed by atoms with E-state index in [0.29, 0.717) is 23.7 Å². The Morgan fingerprint density at radius 2 is 2.33 bits per heavy atom. The number of halogens is 1. The Labute approximate surface area is 125 Å². The molecule has 1 saturated heterocycles. The van der Waals surface area contributed by atoms with Crippen LogP contribution in [0.25, 0.3) is 0 Å². The smallest absolute Gasteiger partial charge is 0.238 e. The van der Waals surface area contributed by atoms with Crippen molar-refractivity contribution in [1.82, 2.24) is 4.90 Å². The minimum absolute atomic E-state index is 0.108. The van der Waals surface area contributed by atoms with Crippen LogP contribution in [-0.2, 0) is 4.79 Å². The normalized spacial score (nSPS) is 21.0. The van der Waals surface area contributed by atoms with Crippen LogP contribution in [0.1, 0.15) is 25.3 Å². The second-order valence-electron chi connectivity index (χ2n) is 6.01. The number of nitrogens with two attached hydrogens (primary N) is 1. The number of rotatable bonds is 4. The van der Waals surface area contributed by atoms with Gasteiger partial charge in [0.1, 0.15) is 5.82 Å². The molecule has 1 aromatic carbocycles. The average Bonchev–Trinajstić information content (AvgIpc) is 2.43. The van der Waals surface area contributed by atoms with Gasteiger partial charge in [0, 0.05) is 18.3 Å². The summed E-state index contributed by atoms with van der Waals surface area (Å²) >= 11 is 0. The molecule has 2 atom stereocenters. The van der Waals surface area contributed by atoms with Gasteiger partial charge in [0.2, 0.25) is 5.91 Å². The Kier molecular flexibility index (Phi) is 5.31. The number of piperidine rings is 1. The van der Waals surface area contributed by atoms with Gasteiger partial charge >= 0.3 is 0 Å². The van der Waals surface area contributed by atoms with Gasteiger partial charge in [0.15, 0.2) is 0 Å². The molecule has 5 heteroatoms. The predicted molar refractivity (Wildman–Crippen MR) is 82.6 cm³/mol. The maximum atomic E-state index is 13.5. The first kappa shape index (κ1) is 15.9. The van der Waals surface area contributed by atoms with Gasteiger partial charge in [-0.25, -0.2) is 4.39 Å². The summed E-state index contributed by atoms with van der Waals surface area (Å²) in [6, 6.07) is 4.89. The van der Waals surface area contributed by atoms with Crippen molar-refractivity contribution >= 4 is 11.6 Å². The topological polar surface area (TPSA) is 58.4 Å². The van der Waals surface area contributed by atoms with Crippen molar-refractivity contribution in [2.24, 2.45) is 11.7 Å². The molecule has 1 amide bonds. The number of benzene rings is 1. The molecule has 2 rings (SSSR count). The van der Waals surface area contributed by atoms with Crippen LogP contribution in [0.4, 0.5) is 10.1 Å². The molecular weight excluding hydrogens is 269 g/mol. The summed E-state index contributed by atoms with van der Waals surface area (Å²) in [5.74, 6) is 0.0368. The molecule has 116 valence electrons. The Morgan fingerprint density at radius 1 is 1.57 bits per heavy atom. The maximum absolute atomic E-state index is 13.5. The molecule has 1 aliphatic rings. The van der Waals surface area contributed by atoms with Crippen molar-refractivity contribution in [3.8, 4) is 0 Å². The minimum atomic E-state index is -0.303. The Balaban J connectivity index is 1.87. The fourth-order valence-corrected chi connectivity index (χ4v) is 2.74. The summed E-state index contributed by atoms with van der Waals surface area (Å²) < 4.78 is 13.5. The van der Waals surface area contributed by atoms with Gasteiger partial charge in [-0.15, -0.1) is 0 Å². The number of nitrogens with one attached hydrogen (secondary N) is 1. The lowest BCUT2D eigenvalue weighted by Crippen LogP contribution is -2.45. The van der Waals surface area contributed by atoms with Gasteiger partial charge in [-0.3, -0.25) is 9.69 Å². The van der Waals surface area contributed by atoms with Crippen LogP contribution in [-0.4, -0.2) is 36.5 Å². The fraction of sp³-hybridized carbons (Fsp3) is 0.562. The van der Waals surface area contributed by atoms with E-state index in [0.717, 1.165) is 25.9 Å². The minimum Gasteiger partial charge on any atom is -0.328 e. The van der Waals surface area contributed by atoms with Crippen LogP contribution >= 0.6 is 0 Å². The third kappa shape index (κ3) is 4.51. The standard InChI is InChI=1S/C16H24FN3O/c1-11-5-6-14(8-15(11)17)19-16(21)10-20-7-3-4-13(9-20)12(2)18/h5-6,8,12-13H,3-4,7,9-10,18H2,1-2H3,(H,19,21). The van der Waals surface area contributed by atoms with Crippen molar-refractivity contribution in [1.29, 1.82) is 0 Å². The van der Waals surface area contributed by atoms with E-state index >= 15 is 0 Å². The lowest BCUT2D eigenvalue weighted by atomic mass is 9.92. The Morgan fingerprint density at radius 3 is 3.00 bits per heavy atom. The molecule has 0 bridgehead atoms. The van der Waals surface area contributed by atoms with E-state index in [1.165, 1.54) is 6.07 Å². The van der Waals surface area contributed by atoms with Crippen molar-refractivity contribution in [2.45, 2.75) is 32.7 Å². The number of likely N-dealkylation sites (tertiary alicyclic amines) is 1. The molecule has 21 heavy (non-hydrogen) atoms. The Hall–Kier alpha value is -1.46. The van der Waals surface area contributed by atoms with Crippen LogP contribution in [0, 0.1) is 18.7 Å². The summed E-state index contributed by atoms with van der Waals surface area (Å²) in [6.07, 6.45) is 2.19. The van der Waals surface area contributed by atoms with Crippen molar-refractivity contribution < 1.29 is 9.18 Å². The zero-order valence-corrected chi connectivity index (χ0v) is 12.7. The number of carbonyl (C=O) groups excluding carboxylic acids is 1. The zero-order chi connectivity index (χ0) is 15.4. The number of carbonyl (C=O) groups is 1. The van der Waals surface area contributed by atoms with E-state index in [2.05, 4.69) is 10.2 Å². The van der Waals surface area contributed by atoms with E-state index in [4.69, 9.17) is 5.73 Å². The molecule has 0 aromatic heterocycles. The van der Waals surface area contributed by atoms with Crippen LogP contribution < -0.4 is 11.1 Å². The first-order valence-electron chi connectivity index (χ1n) is 7.49. The fourth-order valence-electron chi connectivity index (χ4n) is 2.74. The summed E-state index contributed by atoms with van der Waals surface area (Å²) in [5.41, 5.74) is 7.02. The lowest BCUT2D eigenvalue weighted by molar-refractivity contribution is -0.117. The second-order valence-corrected chi connectivity index (χ2v) is 6.01. The van der Waals surface area contributed by atoms with E-state index in [1.807, 2.05) is 6.92 Å². The highest BCUT2D eigenvalue weighted by atomic mass is 19.1. The average molecular weight is 293 g/mol. The third-order valence-electron chi connectivity index (χ3n) is 4.11. The third-order valence-corrected chi connectivity index (χ3v) is 4.11. The molecule has 1 aliphatic heterocycles. The lowest BCUT2D eigenvalue weighted by Gasteiger charge is -2.34. The molecule has 1 aromatic rings. The maximum Gasteiger partial charge on any atom is 0.238 e. The molecule has 2 unspecified atom stereocenters. The molecule has 4 nitrogen and oxygen atoms in total. The summed E-state index contributed by atoms with van der Waals surface area (Å²) in [5, 5.41) is 2.75. The van der Waals surface area contributed by atoms with Gasteiger partial charge in [0.25, 0.3) is 0 Å². The molecule has 0 radical (unpaired) electrons. The largest absolute Gasteiger partial charge is 0.328 e. The molecular formula is C16H24FN3O. The van der Waals surface area contributed by atoms with Crippen LogP contribution in [0.5, 0.6) is 0 Å². The number of aryl methyl sites for hydroxylation is 1. The van der Waals surface area contributed by atoms with Gasteiger partial charge in [0.05, 0.1) is 6.54 Å². The first-order chi connectivity index (χ1) is 9.95. The van der Waals surface area contributed by atoms with Gasteiger partial charge in [-0.05, 0) is 56.8 Å². The molecule has 1 fully saturated rings.